The van der Waals surface area contributed by atoms with Crippen molar-refractivity contribution in [3.8, 4) is 0 Å². The predicted molar refractivity (Wildman–Crippen MR) is 56.4 cm³/mol. The fourth-order valence-electron chi connectivity index (χ4n) is 1.19. The van der Waals surface area contributed by atoms with Gasteiger partial charge in [0.25, 0.3) is 5.69 Å². The molecule has 86 valence electrons. The van der Waals surface area contributed by atoms with Crippen LogP contribution in [0.3, 0.4) is 0 Å². The average molecular weight is 225 g/mol. The molecule has 0 spiro atoms. The first-order valence-electron chi connectivity index (χ1n) is 4.61. The van der Waals surface area contributed by atoms with Gasteiger partial charge in [-0.15, -0.1) is 0 Å². The lowest BCUT2D eigenvalue weighted by molar-refractivity contribution is -0.385. The summed E-state index contributed by atoms with van der Waals surface area (Å²) in [5.74, 6) is -0.558. The van der Waals surface area contributed by atoms with Crippen LogP contribution < -0.4 is 4.90 Å². The summed E-state index contributed by atoms with van der Waals surface area (Å²) in [5.41, 5.74) is -0.116. The number of rotatable bonds is 5. The molecule has 0 aliphatic heterocycles. The summed E-state index contributed by atoms with van der Waals surface area (Å²) in [6, 6.07) is 2.73. The standard InChI is InChI=1S/C9H11N3O4/c1-2-11(6-9(13)14)8-4-3-7(5-10-8)12(15)16/h3-5H,2,6H2,1H3,(H,13,14). The summed E-state index contributed by atoms with van der Waals surface area (Å²) in [6.07, 6.45) is 1.11. The van der Waals surface area contributed by atoms with E-state index >= 15 is 0 Å². The maximum atomic E-state index is 10.5. The van der Waals surface area contributed by atoms with Crippen molar-refractivity contribution in [1.29, 1.82) is 0 Å². The van der Waals surface area contributed by atoms with Gasteiger partial charge in [0.1, 0.15) is 18.6 Å². The molecule has 1 N–H and O–H groups in total. The Balaban J connectivity index is 2.86. The number of aliphatic carboxylic acids is 1. The molecule has 0 saturated heterocycles. The lowest BCUT2D eigenvalue weighted by Gasteiger charge is -2.18. The molecular weight excluding hydrogens is 214 g/mol. The van der Waals surface area contributed by atoms with Gasteiger partial charge in [-0.1, -0.05) is 0 Å². The highest BCUT2D eigenvalue weighted by Gasteiger charge is 2.12. The Morgan fingerprint density at radius 1 is 1.62 bits per heavy atom. The van der Waals surface area contributed by atoms with Gasteiger partial charge < -0.3 is 10.0 Å². The third-order valence-corrected chi connectivity index (χ3v) is 1.97. The topological polar surface area (TPSA) is 96.6 Å². The Hall–Kier alpha value is -2.18. The van der Waals surface area contributed by atoms with Gasteiger partial charge in [0, 0.05) is 12.6 Å². The number of likely N-dealkylation sites (N-methyl/N-ethyl adjacent to an activating group) is 1. The van der Waals surface area contributed by atoms with Crippen molar-refractivity contribution in [2.45, 2.75) is 6.92 Å². The number of nitrogens with zero attached hydrogens (tertiary/aromatic N) is 3. The van der Waals surface area contributed by atoms with E-state index in [1.165, 1.54) is 17.0 Å². The van der Waals surface area contributed by atoms with Gasteiger partial charge in [-0.3, -0.25) is 14.9 Å². The van der Waals surface area contributed by atoms with Crippen molar-refractivity contribution in [1.82, 2.24) is 4.98 Å². The highest BCUT2D eigenvalue weighted by Crippen LogP contribution is 2.15. The minimum atomic E-state index is -0.970. The highest BCUT2D eigenvalue weighted by atomic mass is 16.6. The molecule has 7 heteroatoms. The number of anilines is 1. The monoisotopic (exact) mass is 225 g/mol. The molecule has 0 atom stereocenters. The molecule has 1 aromatic heterocycles. The van der Waals surface area contributed by atoms with Crippen molar-refractivity contribution in [3.63, 3.8) is 0 Å². The Bertz CT molecular complexity index is 390. The van der Waals surface area contributed by atoms with Crippen LogP contribution in [0.5, 0.6) is 0 Å². The number of hydrogen-bond donors (Lipinski definition) is 1. The number of hydrogen-bond acceptors (Lipinski definition) is 5. The Morgan fingerprint density at radius 3 is 2.69 bits per heavy atom. The Labute approximate surface area is 91.5 Å². The van der Waals surface area contributed by atoms with E-state index in [0.717, 1.165) is 6.20 Å². The summed E-state index contributed by atoms with van der Waals surface area (Å²) in [7, 11) is 0. The zero-order valence-corrected chi connectivity index (χ0v) is 8.66. The van der Waals surface area contributed by atoms with Crippen LogP contribution in [0.25, 0.3) is 0 Å². The second-order valence-electron chi connectivity index (χ2n) is 3.04. The summed E-state index contributed by atoms with van der Waals surface area (Å²) >= 11 is 0. The van der Waals surface area contributed by atoms with Crippen molar-refractivity contribution in [2.75, 3.05) is 18.0 Å². The molecule has 1 rings (SSSR count). The largest absolute Gasteiger partial charge is 0.480 e. The van der Waals surface area contributed by atoms with Crippen LogP contribution in [0.4, 0.5) is 11.5 Å². The lowest BCUT2D eigenvalue weighted by atomic mass is 10.3. The minimum Gasteiger partial charge on any atom is -0.480 e. The van der Waals surface area contributed by atoms with Crippen LogP contribution >= 0.6 is 0 Å². The summed E-state index contributed by atoms with van der Waals surface area (Å²) in [4.78, 5) is 25.7. The lowest BCUT2D eigenvalue weighted by Crippen LogP contribution is -2.29. The van der Waals surface area contributed by atoms with E-state index in [1.807, 2.05) is 0 Å². The number of carboxylic acids is 1. The normalized spacial score (nSPS) is 9.81. The van der Waals surface area contributed by atoms with Gasteiger partial charge >= 0.3 is 5.97 Å². The maximum absolute atomic E-state index is 10.5. The molecule has 1 aromatic rings. The fraction of sp³-hybridized carbons (Fsp3) is 0.333. The molecule has 7 nitrogen and oxygen atoms in total. The molecule has 0 radical (unpaired) electrons. The van der Waals surface area contributed by atoms with Gasteiger partial charge in [-0.2, -0.15) is 0 Å². The quantitative estimate of drug-likeness (QED) is 0.590. The van der Waals surface area contributed by atoms with Crippen molar-refractivity contribution in [2.24, 2.45) is 0 Å². The van der Waals surface area contributed by atoms with Crippen LogP contribution in [0.1, 0.15) is 6.92 Å². The molecule has 0 amide bonds. The summed E-state index contributed by atoms with van der Waals surface area (Å²) in [6.45, 7) is 2.07. The van der Waals surface area contributed by atoms with Crippen molar-refractivity contribution < 1.29 is 14.8 Å². The second-order valence-corrected chi connectivity index (χ2v) is 3.04. The van der Waals surface area contributed by atoms with Crippen molar-refractivity contribution in [3.05, 3.63) is 28.4 Å². The number of nitro groups is 1. The van der Waals surface area contributed by atoms with E-state index < -0.39 is 10.9 Å². The molecular formula is C9H11N3O4. The van der Waals surface area contributed by atoms with Crippen LogP contribution in [0.2, 0.25) is 0 Å². The van der Waals surface area contributed by atoms with E-state index in [1.54, 1.807) is 6.92 Å². The number of carbonyl (C=O) groups is 1. The minimum absolute atomic E-state index is 0.116. The van der Waals surface area contributed by atoms with Crippen LogP contribution in [0, 0.1) is 10.1 Å². The Morgan fingerprint density at radius 2 is 2.31 bits per heavy atom. The fourth-order valence-corrected chi connectivity index (χ4v) is 1.19. The highest BCUT2D eigenvalue weighted by molar-refractivity contribution is 5.73. The van der Waals surface area contributed by atoms with Gasteiger partial charge in [0.05, 0.1) is 4.92 Å². The van der Waals surface area contributed by atoms with Gasteiger partial charge in [-0.05, 0) is 13.0 Å². The second kappa shape index (κ2) is 5.06. The van der Waals surface area contributed by atoms with Gasteiger partial charge in [0.15, 0.2) is 0 Å². The van der Waals surface area contributed by atoms with Crippen LogP contribution in [-0.4, -0.2) is 34.1 Å². The number of carboxylic acid groups (broad SMARTS) is 1. The molecule has 0 bridgehead atoms. The van der Waals surface area contributed by atoms with E-state index in [4.69, 9.17) is 5.11 Å². The van der Waals surface area contributed by atoms with Crippen LogP contribution in [0.15, 0.2) is 18.3 Å². The molecule has 0 aliphatic carbocycles. The zero-order valence-electron chi connectivity index (χ0n) is 8.66. The van der Waals surface area contributed by atoms with E-state index in [-0.39, 0.29) is 12.2 Å². The van der Waals surface area contributed by atoms with Gasteiger partial charge in [-0.25, -0.2) is 4.98 Å². The summed E-state index contributed by atoms with van der Waals surface area (Å²) in [5, 5.41) is 19.0. The third kappa shape index (κ3) is 2.91. The van der Waals surface area contributed by atoms with Gasteiger partial charge in [0.2, 0.25) is 0 Å². The smallest absolute Gasteiger partial charge is 0.323 e. The average Bonchev–Trinajstić information content (AvgIpc) is 2.25. The molecule has 16 heavy (non-hydrogen) atoms. The number of aromatic nitrogens is 1. The first kappa shape index (κ1) is 11.9. The van der Waals surface area contributed by atoms with Crippen LogP contribution in [-0.2, 0) is 4.79 Å². The van der Waals surface area contributed by atoms with Crippen molar-refractivity contribution >= 4 is 17.5 Å². The molecule has 1 heterocycles. The predicted octanol–water partition coefficient (Wildman–Crippen LogP) is 0.901. The first-order valence-corrected chi connectivity index (χ1v) is 4.61. The molecule has 0 unspecified atom stereocenters. The number of pyridine rings is 1. The Kier molecular flexibility index (Phi) is 3.76. The molecule has 0 fully saturated rings. The van der Waals surface area contributed by atoms with E-state index in [9.17, 15) is 14.9 Å². The third-order valence-electron chi connectivity index (χ3n) is 1.97. The molecule has 0 aromatic carbocycles. The zero-order chi connectivity index (χ0) is 12.1. The first-order chi connectivity index (χ1) is 7.54. The van der Waals surface area contributed by atoms with E-state index in [0.29, 0.717) is 12.4 Å². The molecule has 0 aliphatic rings. The summed E-state index contributed by atoms with van der Waals surface area (Å²) < 4.78 is 0. The van der Waals surface area contributed by atoms with E-state index in [2.05, 4.69) is 4.98 Å². The SMILES string of the molecule is CCN(CC(=O)O)c1ccc([N+](=O)[O-])cn1. The maximum Gasteiger partial charge on any atom is 0.323 e. The molecule has 0 saturated carbocycles.